The molecule has 1 aromatic rings. The Hall–Kier alpha value is -1.83. The molecule has 142 valence electrons. The van der Waals surface area contributed by atoms with Crippen LogP contribution in [0.1, 0.15) is 18.9 Å². The van der Waals surface area contributed by atoms with Crippen molar-refractivity contribution in [1.29, 1.82) is 0 Å². The topological polar surface area (TPSA) is 95.9 Å². The molecule has 0 aliphatic carbocycles. The molecule has 9 heteroatoms. The molecule has 1 saturated heterocycles. The molecular formula is C17H20Cl2N2O5. The molecule has 0 unspecified atom stereocenters. The van der Waals surface area contributed by atoms with Gasteiger partial charge in [-0.2, -0.15) is 0 Å². The number of nitrogens with zero attached hydrogens (tertiary/aromatic N) is 1. The first-order chi connectivity index (χ1) is 12.2. The number of aliphatic hydroxyl groups excluding tert-OH is 1. The van der Waals surface area contributed by atoms with Crippen LogP contribution in [0.25, 0.3) is 0 Å². The van der Waals surface area contributed by atoms with Crippen LogP contribution in [0.5, 0.6) is 0 Å². The number of aliphatic hydroxyl groups is 1. The molecule has 1 aliphatic heterocycles. The molecule has 0 aromatic heterocycles. The maximum Gasteiger partial charge on any atom is 0.328 e. The van der Waals surface area contributed by atoms with Gasteiger partial charge in [0.05, 0.1) is 13.2 Å². The number of hydrogen-bond donors (Lipinski definition) is 2. The molecule has 26 heavy (non-hydrogen) atoms. The van der Waals surface area contributed by atoms with E-state index >= 15 is 0 Å². The van der Waals surface area contributed by atoms with Crippen LogP contribution in [0.3, 0.4) is 0 Å². The predicted octanol–water partition coefficient (Wildman–Crippen LogP) is 1.18. The minimum atomic E-state index is -1.03. The summed E-state index contributed by atoms with van der Waals surface area (Å²) in [5, 5.41) is 13.1. The lowest BCUT2D eigenvalue weighted by molar-refractivity contribution is -0.146. The Kier molecular flexibility index (Phi) is 6.86. The van der Waals surface area contributed by atoms with Crippen molar-refractivity contribution in [3.8, 4) is 0 Å². The zero-order chi connectivity index (χ0) is 19.4. The lowest BCUT2D eigenvalue weighted by atomic mass is 10.0. The van der Waals surface area contributed by atoms with Gasteiger partial charge in [-0.3, -0.25) is 9.59 Å². The summed E-state index contributed by atoms with van der Waals surface area (Å²) in [5.41, 5.74) is 0.501. The van der Waals surface area contributed by atoms with E-state index in [1.54, 1.807) is 18.2 Å². The third-order valence-corrected chi connectivity index (χ3v) is 4.97. The Morgan fingerprint density at radius 3 is 2.50 bits per heavy atom. The van der Waals surface area contributed by atoms with Crippen molar-refractivity contribution in [2.45, 2.75) is 38.0 Å². The first-order valence-corrected chi connectivity index (χ1v) is 8.76. The molecule has 1 fully saturated rings. The van der Waals surface area contributed by atoms with Gasteiger partial charge < -0.3 is 20.1 Å². The van der Waals surface area contributed by atoms with Gasteiger partial charge in [0.2, 0.25) is 11.8 Å². The summed E-state index contributed by atoms with van der Waals surface area (Å²) in [4.78, 5) is 37.7. The summed E-state index contributed by atoms with van der Waals surface area (Å²) < 4.78 is 4.75. The molecule has 2 rings (SSSR count). The van der Waals surface area contributed by atoms with E-state index in [-0.39, 0.29) is 25.3 Å². The Bertz CT molecular complexity index is 692. The number of β-amino-alcohol motifs (C(OH)–C–C–N with tert-alkyl or cyclic N) is 1. The van der Waals surface area contributed by atoms with Crippen LogP contribution >= 0.6 is 23.2 Å². The third-order valence-electron chi connectivity index (χ3n) is 4.26. The molecule has 7 nitrogen and oxygen atoms in total. The van der Waals surface area contributed by atoms with Crippen molar-refractivity contribution in [2.75, 3.05) is 13.7 Å². The van der Waals surface area contributed by atoms with E-state index in [4.69, 9.17) is 27.9 Å². The minimum absolute atomic E-state index is 0.0340. The highest BCUT2D eigenvalue weighted by molar-refractivity contribution is 6.36. The average molecular weight is 403 g/mol. The second kappa shape index (κ2) is 8.70. The van der Waals surface area contributed by atoms with Gasteiger partial charge in [0.15, 0.2) is 0 Å². The van der Waals surface area contributed by atoms with Crippen LogP contribution < -0.4 is 5.32 Å². The zero-order valence-electron chi connectivity index (χ0n) is 14.4. The van der Waals surface area contributed by atoms with Crippen molar-refractivity contribution in [3.05, 3.63) is 33.8 Å². The standard InChI is InChI=1S/C17H20Cl2N2O5/c1-9(22)21-8-10(23)6-15(21)16(24)20-14(17(25)26-2)7-11-12(18)4-3-5-13(11)19/h3-5,10,14-15,23H,6-8H2,1-2H3,(H,20,24)/t10-,14+,15+/m1/s1. The van der Waals surface area contributed by atoms with Gasteiger partial charge in [0, 0.05) is 36.4 Å². The van der Waals surface area contributed by atoms with E-state index in [0.29, 0.717) is 15.6 Å². The Balaban J connectivity index is 2.19. The number of methoxy groups -OCH3 is 1. The Labute approximate surface area is 161 Å². The van der Waals surface area contributed by atoms with Crippen LogP contribution in [0.4, 0.5) is 0 Å². The molecule has 1 aromatic carbocycles. The first kappa shape index (κ1) is 20.5. The molecule has 0 saturated carbocycles. The number of esters is 1. The number of carbonyl (C=O) groups is 3. The van der Waals surface area contributed by atoms with E-state index in [1.165, 1.54) is 18.9 Å². The van der Waals surface area contributed by atoms with E-state index in [9.17, 15) is 19.5 Å². The number of amides is 2. The number of carbonyl (C=O) groups excluding carboxylic acids is 3. The third kappa shape index (κ3) is 4.66. The maximum absolute atomic E-state index is 12.6. The Morgan fingerprint density at radius 2 is 1.96 bits per heavy atom. The Morgan fingerprint density at radius 1 is 1.35 bits per heavy atom. The van der Waals surface area contributed by atoms with Gasteiger partial charge >= 0.3 is 5.97 Å². The number of benzene rings is 1. The highest BCUT2D eigenvalue weighted by atomic mass is 35.5. The average Bonchev–Trinajstić information content (AvgIpc) is 2.98. The summed E-state index contributed by atoms with van der Waals surface area (Å²) in [7, 11) is 1.21. The number of likely N-dealkylation sites (tertiary alicyclic amines) is 1. The van der Waals surface area contributed by atoms with Gasteiger partial charge in [-0.15, -0.1) is 0 Å². The SMILES string of the molecule is COC(=O)[C@H](Cc1c(Cl)cccc1Cl)NC(=O)[C@@H]1C[C@@H](O)CN1C(C)=O. The van der Waals surface area contributed by atoms with Crippen LogP contribution in [-0.4, -0.2) is 59.6 Å². The second-order valence-electron chi connectivity index (χ2n) is 6.07. The maximum atomic E-state index is 12.6. The van der Waals surface area contributed by atoms with E-state index in [0.717, 1.165) is 0 Å². The summed E-state index contributed by atoms with van der Waals surface area (Å²) in [6.07, 6.45) is -0.650. The van der Waals surface area contributed by atoms with E-state index in [2.05, 4.69) is 5.32 Å². The van der Waals surface area contributed by atoms with Gasteiger partial charge in [-0.25, -0.2) is 4.79 Å². The van der Waals surface area contributed by atoms with Crippen molar-refractivity contribution >= 4 is 41.0 Å². The molecule has 0 radical (unpaired) electrons. The second-order valence-corrected chi connectivity index (χ2v) is 6.88. The molecule has 2 amide bonds. The van der Waals surface area contributed by atoms with Gasteiger partial charge in [-0.05, 0) is 17.7 Å². The predicted molar refractivity (Wildman–Crippen MR) is 95.9 cm³/mol. The number of hydrogen-bond acceptors (Lipinski definition) is 5. The summed E-state index contributed by atoms with van der Waals surface area (Å²) >= 11 is 12.3. The molecule has 1 heterocycles. The molecule has 3 atom stereocenters. The van der Waals surface area contributed by atoms with Crippen molar-refractivity contribution in [1.82, 2.24) is 10.2 Å². The van der Waals surface area contributed by atoms with E-state index in [1.807, 2.05) is 0 Å². The number of rotatable bonds is 5. The van der Waals surface area contributed by atoms with Crippen LogP contribution in [0, 0.1) is 0 Å². The van der Waals surface area contributed by atoms with E-state index < -0.39 is 30.1 Å². The van der Waals surface area contributed by atoms with Crippen LogP contribution in [0.15, 0.2) is 18.2 Å². The lowest BCUT2D eigenvalue weighted by Crippen LogP contribution is -2.51. The monoisotopic (exact) mass is 402 g/mol. The van der Waals surface area contributed by atoms with Crippen molar-refractivity contribution < 1.29 is 24.2 Å². The number of nitrogens with one attached hydrogen (secondary N) is 1. The molecule has 0 spiro atoms. The summed E-state index contributed by atoms with van der Waals surface area (Å²) in [6.45, 7) is 1.40. The molecule has 2 N–H and O–H groups in total. The first-order valence-electron chi connectivity index (χ1n) is 8.01. The van der Waals surface area contributed by atoms with Crippen molar-refractivity contribution in [2.24, 2.45) is 0 Å². The normalized spacial score (nSPS) is 20.6. The minimum Gasteiger partial charge on any atom is -0.467 e. The largest absolute Gasteiger partial charge is 0.467 e. The lowest BCUT2D eigenvalue weighted by Gasteiger charge is -2.25. The van der Waals surface area contributed by atoms with Crippen LogP contribution in [0.2, 0.25) is 10.0 Å². The fourth-order valence-corrected chi connectivity index (χ4v) is 3.50. The fourth-order valence-electron chi connectivity index (χ4n) is 2.95. The fraction of sp³-hybridized carbons (Fsp3) is 0.471. The van der Waals surface area contributed by atoms with Gasteiger partial charge in [0.1, 0.15) is 12.1 Å². The molecular weight excluding hydrogens is 383 g/mol. The molecule has 1 aliphatic rings. The number of halogens is 2. The number of ether oxygens (including phenoxy) is 1. The molecule has 0 bridgehead atoms. The quantitative estimate of drug-likeness (QED) is 0.720. The summed E-state index contributed by atoms with van der Waals surface area (Å²) in [5.74, 6) is -1.54. The highest BCUT2D eigenvalue weighted by Crippen LogP contribution is 2.26. The smallest absolute Gasteiger partial charge is 0.328 e. The van der Waals surface area contributed by atoms with Crippen molar-refractivity contribution in [3.63, 3.8) is 0 Å². The van der Waals surface area contributed by atoms with Crippen LogP contribution in [-0.2, 0) is 25.5 Å². The highest BCUT2D eigenvalue weighted by Gasteiger charge is 2.39. The van der Waals surface area contributed by atoms with Gasteiger partial charge in [-0.1, -0.05) is 29.3 Å². The summed E-state index contributed by atoms with van der Waals surface area (Å²) in [6, 6.07) is 3.05. The van der Waals surface area contributed by atoms with Gasteiger partial charge in [0.25, 0.3) is 0 Å². The zero-order valence-corrected chi connectivity index (χ0v) is 15.9.